The smallest absolute Gasteiger partial charge is 0.0808 e. The van der Waals surface area contributed by atoms with Crippen molar-refractivity contribution in [1.82, 2.24) is 0 Å². The Morgan fingerprint density at radius 2 is 1.72 bits per heavy atom. The monoisotopic (exact) mass is 253 g/mol. The van der Waals surface area contributed by atoms with Crippen LogP contribution < -0.4 is 5.73 Å². The van der Waals surface area contributed by atoms with Gasteiger partial charge in [-0.1, -0.05) is 39.0 Å². The summed E-state index contributed by atoms with van der Waals surface area (Å²) in [6, 6.07) is 0. The molecule has 0 saturated heterocycles. The van der Waals surface area contributed by atoms with Crippen LogP contribution in [-0.2, 0) is 4.74 Å². The summed E-state index contributed by atoms with van der Waals surface area (Å²) in [5, 5.41) is 0. The normalized spacial score (nSPS) is 34.7. The van der Waals surface area contributed by atoms with Gasteiger partial charge in [-0.05, 0) is 44.4 Å². The molecule has 0 aromatic rings. The number of nitrogens with two attached hydrogens (primary N) is 1. The first-order valence-electron chi connectivity index (χ1n) is 8.16. The maximum atomic E-state index is 6.47. The van der Waals surface area contributed by atoms with Gasteiger partial charge in [0.05, 0.1) is 11.7 Å². The van der Waals surface area contributed by atoms with Gasteiger partial charge in [0, 0.05) is 6.54 Å². The van der Waals surface area contributed by atoms with Crippen LogP contribution in [0.1, 0.15) is 77.6 Å². The molecule has 18 heavy (non-hydrogen) atoms. The Hall–Kier alpha value is -0.0800. The second-order valence-corrected chi connectivity index (χ2v) is 6.50. The Morgan fingerprint density at radius 3 is 2.28 bits per heavy atom. The molecule has 106 valence electrons. The van der Waals surface area contributed by atoms with Crippen LogP contribution in [0.5, 0.6) is 0 Å². The lowest BCUT2D eigenvalue weighted by Crippen LogP contribution is -2.46. The molecule has 0 spiro atoms. The van der Waals surface area contributed by atoms with E-state index >= 15 is 0 Å². The quantitative estimate of drug-likeness (QED) is 0.803. The summed E-state index contributed by atoms with van der Waals surface area (Å²) >= 11 is 0. The van der Waals surface area contributed by atoms with E-state index in [4.69, 9.17) is 10.5 Å². The average molecular weight is 253 g/mol. The molecular weight excluding hydrogens is 222 g/mol. The maximum absolute atomic E-state index is 6.47. The van der Waals surface area contributed by atoms with Gasteiger partial charge in [-0.15, -0.1) is 0 Å². The number of hydrogen-bond acceptors (Lipinski definition) is 2. The van der Waals surface area contributed by atoms with E-state index in [9.17, 15) is 0 Å². The standard InChI is InChI=1S/C16H31NO/c1-2-6-14-9-11-16(13-17,12-10-14)18-15-7-4-3-5-8-15/h14-15H,2-13,17H2,1H3. The van der Waals surface area contributed by atoms with Crippen LogP contribution in [-0.4, -0.2) is 18.2 Å². The third kappa shape index (κ3) is 3.71. The van der Waals surface area contributed by atoms with Crippen molar-refractivity contribution in [3.8, 4) is 0 Å². The highest BCUT2D eigenvalue weighted by Gasteiger charge is 2.37. The Kier molecular flexibility index (Phi) is 5.50. The van der Waals surface area contributed by atoms with E-state index in [0.29, 0.717) is 6.10 Å². The molecular formula is C16H31NO. The van der Waals surface area contributed by atoms with Crippen molar-refractivity contribution in [3.05, 3.63) is 0 Å². The van der Waals surface area contributed by atoms with Crippen LogP contribution in [0.4, 0.5) is 0 Å². The Labute approximate surface area is 113 Å². The first-order valence-corrected chi connectivity index (χ1v) is 8.16. The fourth-order valence-electron chi connectivity index (χ4n) is 3.81. The third-order valence-electron chi connectivity index (χ3n) is 5.05. The summed E-state index contributed by atoms with van der Waals surface area (Å²) in [7, 11) is 0. The Balaban J connectivity index is 1.83. The number of ether oxygens (including phenoxy) is 1. The van der Waals surface area contributed by atoms with Gasteiger partial charge in [0.2, 0.25) is 0 Å². The third-order valence-corrected chi connectivity index (χ3v) is 5.05. The van der Waals surface area contributed by atoms with Crippen molar-refractivity contribution >= 4 is 0 Å². The molecule has 0 aliphatic heterocycles. The molecule has 2 saturated carbocycles. The minimum absolute atomic E-state index is 0.0340. The molecule has 0 radical (unpaired) electrons. The lowest BCUT2D eigenvalue weighted by atomic mass is 9.77. The highest BCUT2D eigenvalue weighted by molar-refractivity contribution is 4.89. The largest absolute Gasteiger partial charge is 0.370 e. The van der Waals surface area contributed by atoms with Crippen molar-refractivity contribution < 1.29 is 4.74 Å². The molecule has 2 rings (SSSR count). The zero-order chi connectivity index (χ0) is 12.8. The molecule has 0 aromatic heterocycles. The van der Waals surface area contributed by atoms with Crippen molar-refractivity contribution in [2.45, 2.75) is 89.3 Å². The van der Waals surface area contributed by atoms with Crippen LogP contribution in [0.25, 0.3) is 0 Å². The van der Waals surface area contributed by atoms with Gasteiger partial charge in [0.15, 0.2) is 0 Å². The summed E-state index contributed by atoms with van der Waals surface area (Å²) in [5.74, 6) is 0.935. The van der Waals surface area contributed by atoms with Gasteiger partial charge in [0.25, 0.3) is 0 Å². The molecule has 2 nitrogen and oxygen atoms in total. The summed E-state index contributed by atoms with van der Waals surface area (Å²) in [5.41, 5.74) is 6.08. The van der Waals surface area contributed by atoms with Crippen LogP contribution in [0.2, 0.25) is 0 Å². The zero-order valence-corrected chi connectivity index (χ0v) is 12.1. The predicted molar refractivity (Wildman–Crippen MR) is 76.6 cm³/mol. The summed E-state index contributed by atoms with van der Waals surface area (Å²) < 4.78 is 6.47. The van der Waals surface area contributed by atoms with Crippen molar-refractivity contribution in [1.29, 1.82) is 0 Å². The summed E-state index contributed by atoms with van der Waals surface area (Å²) in [6.45, 7) is 3.02. The SMILES string of the molecule is CCCC1CCC(CN)(OC2CCCCC2)CC1. The Morgan fingerprint density at radius 1 is 1.06 bits per heavy atom. The Bertz CT molecular complexity index is 227. The topological polar surface area (TPSA) is 35.2 Å². The molecule has 0 amide bonds. The molecule has 2 aliphatic rings. The highest BCUT2D eigenvalue weighted by Crippen LogP contribution is 2.38. The minimum Gasteiger partial charge on any atom is -0.370 e. The molecule has 0 atom stereocenters. The lowest BCUT2D eigenvalue weighted by molar-refractivity contribution is -0.123. The van der Waals surface area contributed by atoms with Crippen LogP contribution >= 0.6 is 0 Å². The maximum Gasteiger partial charge on any atom is 0.0808 e. The fraction of sp³-hybridized carbons (Fsp3) is 1.00. The van der Waals surface area contributed by atoms with Crippen molar-refractivity contribution in [3.63, 3.8) is 0 Å². The van der Waals surface area contributed by atoms with E-state index < -0.39 is 0 Å². The van der Waals surface area contributed by atoms with Crippen molar-refractivity contribution in [2.75, 3.05) is 6.54 Å². The summed E-state index contributed by atoms with van der Waals surface area (Å²) in [6.07, 6.45) is 14.9. The molecule has 0 heterocycles. The van der Waals surface area contributed by atoms with E-state index in [2.05, 4.69) is 6.92 Å². The van der Waals surface area contributed by atoms with E-state index in [1.807, 2.05) is 0 Å². The predicted octanol–water partition coefficient (Wildman–Crippen LogP) is 4.02. The molecule has 2 aliphatic carbocycles. The lowest BCUT2D eigenvalue weighted by Gasteiger charge is -2.42. The van der Waals surface area contributed by atoms with Gasteiger partial charge < -0.3 is 10.5 Å². The summed E-state index contributed by atoms with van der Waals surface area (Å²) in [4.78, 5) is 0. The molecule has 2 N–H and O–H groups in total. The van der Waals surface area contributed by atoms with Gasteiger partial charge in [0.1, 0.15) is 0 Å². The van der Waals surface area contributed by atoms with E-state index in [1.165, 1.54) is 70.6 Å². The molecule has 0 aromatic carbocycles. The van der Waals surface area contributed by atoms with E-state index in [1.54, 1.807) is 0 Å². The molecule has 0 unspecified atom stereocenters. The fourth-order valence-corrected chi connectivity index (χ4v) is 3.81. The highest BCUT2D eigenvalue weighted by atomic mass is 16.5. The van der Waals surface area contributed by atoms with Crippen LogP contribution in [0.15, 0.2) is 0 Å². The second kappa shape index (κ2) is 6.91. The molecule has 2 heteroatoms. The molecule has 2 fully saturated rings. The van der Waals surface area contributed by atoms with Gasteiger partial charge in [-0.25, -0.2) is 0 Å². The van der Waals surface area contributed by atoms with Gasteiger partial charge >= 0.3 is 0 Å². The number of hydrogen-bond donors (Lipinski definition) is 1. The zero-order valence-electron chi connectivity index (χ0n) is 12.1. The number of rotatable bonds is 5. The van der Waals surface area contributed by atoms with E-state index in [0.717, 1.165) is 12.5 Å². The minimum atomic E-state index is 0.0340. The average Bonchev–Trinajstić information content (AvgIpc) is 2.43. The first-order chi connectivity index (χ1) is 8.78. The van der Waals surface area contributed by atoms with Crippen molar-refractivity contribution in [2.24, 2.45) is 11.7 Å². The molecule has 0 bridgehead atoms. The van der Waals surface area contributed by atoms with Gasteiger partial charge in [-0.2, -0.15) is 0 Å². The van der Waals surface area contributed by atoms with Crippen LogP contribution in [0, 0.1) is 5.92 Å². The second-order valence-electron chi connectivity index (χ2n) is 6.50. The van der Waals surface area contributed by atoms with Crippen LogP contribution in [0.3, 0.4) is 0 Å². The first kappa shape index (κ1) is 14.3. The van der Waals surface area contributed by atoms with E-state index in [-0.39, 0.29) is 5.60 Å². The van der Waals surface area contributed by atoms with Gasteiger partial charge in [-0.3, -0.25) is 0 Å².